The van der Waals surface area contributed by atoms with Gasteiger partial charge in [-0.05, 0) is 0 Å². The average Bonchev–Trinajstić information content (AvgIpc) is 0.811. The van der Waals surface area contributed by atoms with Crippen LogP contribution >= 0.6 is 0 Å². The van der Waals surface area contributed by atoms with Gasteiger partial charge in [0.25, 0.3) is 0 Å². The first-order valence-electron chi connectivity index (χ1n) is 0.655. The van der Waals surface area contributed by atoms with Gasteiger partial charge in [-0.1, -0.05) is 0 Å². The van der Waals surface area contributed by atoms with Crippen molar-refractivity contribution in [2.75, 3.05) is 0 Å². The molecule has 1 nitrogen and oxygen atoms in total. The van der Waals surface area contributed by atoms with Crippen molar-refractivity contribution in [3.63, 3.8) is 0 Å². The topological polar surface area (TPSA) is 30.0 Å². The van der Waals surface area contributed by atoms with E-state index in [1.54, 1.807) is 0 Å². The van der Waals surface area contributed by atoms with Crippen LogP contribution in [0.3, 0.4) is 0 Å². The molecule has 0 fully saturated rings. The van der Waals surface area contributed by atoms with Crippen LogP contribution in [0.15, 0.2) is 0 Å². The van der Waals surface area contributed by atoms with Crippen LogP contribution in [0.25, 0.3) is 0 Å². The predicted molar refractivity (Wildman–Crippen MR) is 11.0 cm³/mol. The molecule has 0 bridgehead atoms. The van der Waals surface area contributed by atoms with Crippen molar-refractivity contribution in [2.24, 2.45) is 0 Å². The normalized spacial score (nSPS) is 4.50. The summed E-state index contributed by atoms with van der Waals surface area (Å²) in [4.78, 5) is 0. The molecule has 0 rings (SSSR count). The molecule has 0 aliphatic heterocycles. The maximum absolute atomic E-state index is 9.67. The van der Waals surface area contributed by atoms with Gasteiger partial charge in [0.2, 0.25) is 0 Å². The fourth-order valence-electron chi connectivity index (χ4n) is 0. The summed E-state index contributed by atoms with van der Waals surface area (Å²) in [5.74, 6) is 0. The van der Waals surface area contributed by atoms with E-state index in [4.69, 9.17) is 0 Å². The summed E-state index contributed by atoms with van der Waals surface area (Å²) in [5, 5.41) is 0. The first-order valence-corrected chi connectivity index (χ1v) is 0.655. The third-order valence-electron chi connectivity index (χ3n) is 0. The fraction of sp³-hybridized carbons (Fsp3) is 0. The molecule has 0 aliphatic carbocycles. The second kappa shape index (κ2) is 9.26. The van der Waals surface area contributed by atoms with Gasteiger partial charge < -0.3 is 5.48 Å². The van der Waals surface area contributed by atoms with E-state index in [-0.39, 0.29) is 35.0 Å². The van der Waals surface area contributed by atoms with E-state index in [1.165, 1.54) is 0 Å². The van der Waals surface area contributed by atoms with Crippen LogP contribution < -0.4 is 29.6 Å². The molecule has 0 aromatic carbocycles. The molecule has 0 aliphatic rings. The number of rotatable bonds is 0. The summed E-state index contributed by atoms with van der Waals surface area (Å²) in [6.45, 7) is 0. The Morgan fingerprint density at radius 1 is 1.00 bits per heavy atom. The van der Waals surface area contributed by atoms with Gasteiger partial charge in [0, 0.05) is 0 Å². The van der Waals surface area contributed by atoms with Gasteiger partial charge in [0.1, 0.15) is 0 Å². The van der Waals surface area contributed by atoms with Crippen LogP contribution in [0.5, 0.6) is 0 Å². The van der Waals surface area contributed by atoms with E-state index in [9.17, 15) is 12.9 Å². The molecule has 0 saturated carbocycles. The molecular formula is HBF3NaO. The van der Waals surface area contributed by atoms with Gasteiger partial charge in [-0.25, -0.2) is 0 Å². The SMILES string of the molecule is FB(F)F.[Na+].[OH-]. The molecule has 0 atom stereocenters. The first kappa shape index (κ1) is 15.8. The summed E-state index contributed by atoms with van der Waals surface area (Å²) >= 11 is 0. The second-order valence-corrected chi connectivity index (χ2v) is 0.247. The zero-order chi connectivity index (χ0) is 3.58. The molecule has 0 radical (unpaired) electrons. The van der Waals surface area contributed by atoms with Crippen molar-refractivity contribution in [3.8, 4) is 0 Å². The number of hydrogen-bond donors (Lipinski definition) is 0. The molecule has 0 aromatic rings. The second-order valence-electron chi connectivity index (χ2n) is 0.247. The van der Waals surface area contributed by atoms with Crippen LogP contribution in [-0.2, 0) is 0 Å². The molecular weight excluding hydrogens is 107 g/mol. The Hall–Kier alpha value is 0.815. The van der Waals surface area contributed by atoms with Crippen LogP contribution in [-0.4, -0.2) is 13.0 Å². The minimum atomic E-state index is -3.67. The van der Waals surface area contributed by atoms with Gasteiger partial charge in [0.05, 0.1) is 0 Å². The molecule has 0 heterocycles. The smallest absolute Gasteiger partial charge is 0.870 e. The van der Waals surface area contributed by atoms with Gasteiger partial charge >= 0.3 is 37.1 Å². The molecule has 0 aromatic heterocycles. The summed E-state index contributed by atoms with van der Waals surface area (Å²) in [5.41, 5.74) is 0. The Bertz CT molecular complexity index is 15.5. The third kappa shape index (κ3) is 106. The summed E-state index contributed by atoms with van der Waals surface area (Å²) < 4.78 is 29.0. The minimum Gasteiger partial charge on any atom is -0.870 e. The van der Waals surface area contributed by atoms with Crippen molar-refractivity contribution in [3.05, 3.63) is 0 Å². The monoisotopic (exact) mass is 108 g/mol. The molecule has 6 heteroatoms. The van der Waals surface area contributed by atoms with E-state index in [0.717, 1.165) is 0 Å². The Labute approximate surface area is 55.7 Å². The van der Waals surface area contributed by atoms with Crippen LogP contribution in [0.2, 0.25) is 0 Å². The Morgan fingerprint density at radius 2 is 1.00 bits per heavy atom. The number of halogens is 3. The fourth-order valence-corrected chi connectivity index (χ4v) is 0. The van der Waals surface area contributed by atoms with Crippen molar-refractivity contribution < 1.29 is 48.0 Å². The Balaban J connectivity index is -0.0000000450. The van der Waals surface area contributed by atoms with E-state index >= 15 is 0 Å². The van der Waals surface area contributed by atoms with Crippen molar-refractivity contribution in [1.82, 2.24) is 0 Å². The molecule has 0 saturated heterocycles. The van der Waals surface area contributed by atoms with Gasteiger partial charge in [0.15, 0.2) is 0 Å². The predicted octanol–water partition coefficient (Wildman–Crippen LogP) is -2.29. The summed E-state index contributed by atoms with van der Waals surface area (Å²) in [6, 6.07) is 0. The standard InChI is InChI=1S/BF3.Na.H2O/c2-1(3)4;;/h;;1H2/q;+1;/p-1. The average molecular weight is 108 g/mol. The summed E-state index contributed by atoms with van der Waals surface area (Å²) in [6.07, 6.45) is 0. The van der Waals surface area contributed by atoms with Crippen LogP contribution in [0, 0.1) is 0 Å². The van der Waals surface area contributed by atoms with Crippen molar-refractivity contribution in [1.29, 1.82) is 0 Å². The van der Waals surface area contributed by atoms with E-state index < -0.39 is 7.54 Å². The van der Waals surface area contributed by atoms with E-state index in [1.807, 2.05) is 0 Å². The summed E-state index contributed by atoms with van der Waals surface area (Å²) in [7, 11) is -3.67. The first-order chi connectivity index (χ1) is 1.73. The quantitative estimate of drug-likeness (QED) is 0.321. The zero-order valence-electron chi connectivity index (χ0n) is 3.16. The molecule has 0 amide bonds. The Kier molecular flexibility index (Phi) is 24.4. The Morgan fingerprint density at radius 3 is 1.00 bits per heavy atom. The molecule has 0 spiro atoms. The van der Waals surface area contributed by atoms with Gasteiger partial charge in [-0.2, -0.15) is 0 Å². The molecule has 1 N–H and O–H groups in total. The van der Waals surface area contributed by atoms with Crippen molar-refractivity contribution in [2.45, 2.75) is 0 Å². The maximum Gasteiger partial charge on any atom is 1.00 e. The minimum absolute atomic E-state index is 0. The maximum atomic E-state index is 9.67. The van der Waals surface area contributed by atoms with E-state index in [0.29, 0.717) is 0 Å². The number of hydrogen-bond acceptors (Lipinski definition) is 1. The van der Waals surface area contributed by atoms with Crippen LogP contribution in [0.4, 0.5) is 12.9 Å². The largest absolute Gasteiger partial charge is 1.00 e. The van der Waals surface area contributed by atoms with E-state index in [2.05, 4.69) is 0 Å². The van der Waals surface area contributed by atoms with Crippen molar-refractivity contribution >= 4 is 7.54 Å². The molecule has 6 heavy (non-hydrogen) atoms. The van der Waals surface area contributed by atoms with Gasteiger partial charge in [-0.15, -0.1) is 0 Å². The molecule has 32 valence electrons. The third-order valence-corrected chi connectivity index (χ3v) is 0. The zero-order valence-corrected chi connectivity index (χ0v) is 5.16. The van der Waals surface area contributed by atoms with Crippen LogP contribution in [0.1, 0.15) is 0 Å². The molecule has 0 unspecified atom stereocenters. The van der Waals surface area contributed by atoms with Gasteiger partial charge in [-0.3, -0.25) is 12.9 Å².